The van der Waals surface area contributed by atoms with Gasteiger partial charge >= 0.3 is 0 Å². The van der Waals surface area contributed by atoms with Crippen LogP contribution in [0.25, 0.3) is 10.9 Å². The maximum absolute atomic E-state index is 13.9. The van der Waals surface area contributed by atoms with Gasteiger partial charge in [0.15, 0.2) is 5.78 Å². The number of aromatic nitrogens is 1. The van der Waals surface area contributed by atoms with Crippen molar-refractivity contribution in [3.05, 3.63) is 71.1 Å². The zero-order chi connectivity index (χ0) is 31.7. The molecule has 7 heteroatoms. The minimum atomic E-state index is -3.36. The maximum Gasteiger partial charge on any atom is 0.159 e. The minimum Gasteiger partial charge on any atom is -0.494 e. The second-order valence-corrected chi connectivity index (χ2v) is 7.39. The number of carbonyl (C=O) groups is 1. The Balaban J connectivity index is 2.38. The quantitative estimate of drug-likeness (QED) is 0.461. The third-order valence-electron chi connectivity index (χ3n) is 4.51. The van der Waals surface area contributed by atoms with Gasteiger partial charge < -0.3 is 15.0 Å². The average molecular weight is 456 g/mol. The van der Waals surface area contributed by atoms with Crippen LogP contribution in [-0.4, -0.2) is 42.9 Å². The highest BCUT2D eigenvalue weighted by molar-refractivity contribution is 5.98. The summed E-state index contributed by atoms with van der Waals surface area (Å²) in [6.07, 6.45) is -0.317. The number of nitrogens with one attached hydrogen (secondary N) is 1. The number of anilines is 2. The van der Waals surface area contributed by atoms with Gasteiger partial charge in [-0.2, -0.15) is 5.26 Å². The van der Waals surface area contributed by atoms with E-state index < -0.39 is 61.0 Å². The Kier molecular flexibility index (Phi) is 4.67. The van der Waals surface area contributed by atoms with E-state index in [1.165, 1.54) is 19.1 Å². The highest BCUT2D eigenvalue weighted by Gasteiger charge is 2.16. The summed E-state index contributed by atoms with van der Waals surface area (Å²) in [6, 6.07) is 4.39. The molecule has 0 saturated carbocycles. The first-order chi connectivity index (χ1) is 19.4. The first-order valence-electron chi connectivity index (χ1n) is 14.3. The van der Waals surface area contributed by atoms with Crippen LogP contribution in [0.3, 0.4) is 0 Å². The maximum atomic E-state index is 13.9. The van der Waals surface area contributed by atoms with E-state index in [1.807, 2.05) is 6.07 Å². The summed E-state index contributed by atoms with van der Waals surface area (Å²) in [5.74, 6) is -1.98. The van der Waals surface area contributed by atoms with Crippen LogP contribution in [0.15, 0.2) is 48.6 Å². The standard InChI is InChI=1S/C26H27FN4O2/c1-5-33-25-14-24-22(13-18(25)12-21(32)7-6-10-31(3)4)26(19(15-28)16-29-24)30-20-8-9-23(27)17(2)11-20/h6-9,11,13-14,16H,5,10,12H2,1-4H3,(H,29,30)/b7-6+/i1D3,5D2,6D,13D,14D,16D. The van der Waals surface area contributed by atoms with E-state index in [1.54, 1.807) is 19.0 Å². The topological polar surface area (TPSA) is 78.2 Å². The number of carbonyl (C=O) groups excluding carboxylic acids is 1. The predicted molar refractivity (Wildman–Crippen MR) is 128 cm³/mol. The van der Waals surface area contributed by atoms with Crippen LogP contribution >= 0.6 is 0 Å². The molecule has 0 aliphatic carbocycles. The Morgan fingerprint density at radius 3 is 3.00 bits per heavy atom. The molecule has 0 radical (unpaired) electrons. The highest BCUT2D eigenvalue weighted by atomic mass is 19.1. The third-order valence-corrected chi connectivity index (χ3v) is 4.51. The Bertz CT molecular complexity index is 1630. The molecule has 1 heterocycles. The van der Waals surface area contributed by atoms with E-state index in [2.05, 4.69) is 10.3 Å². The number of ether oxygens (including phenoxy) is 1. The number of ketones is 1. The van der Waals surface area contributed by atoms with Crippen molar-refractivity contribution in [2.24, 2.45) is 0 Å². The molecule has 0 saturated heterocycles. The molecule has 0 fully saturated rings. The van der Waals surface area contributed by atoms with Crippen LogP contribution < -0.4 is 10.1 Å². The molecular formula is C26H27FN4O2. The molecular weight excluding hydrogens is 419 g/mol. The number of hydrogen-bond donors (Lipinski definition) is 1. The normalized spacial score (nSPS) is 16.2. The average Bonchev–Trinajstić information content (AvgIpc) is 2.85. The number of halogens is 1. The molecule has 3 rings (SSSR count). The zero-order valence-corrected chi connectivity index (χ0v) is 18.3. The Morgan fingerprint density at radius 2 is 2.30 bits per heavy atom. The molecule has 3 aromatic rings. The number of hydrogen-bond acceptors (Lipinski definition) is 6. The van der Waals surface area contributed by atoms with Gasteiger partial charge in [0.05, 0.1) is 31.6 Å². The lowest BCUT2D eigenvalue weighted by atomic mass is 10.0. The van der Waals surface area contributed by atoms with Crippen LogP contribution in [-0.2, 0) is 11.2 Å². The lowest BCUT2D eigenvalue weighted by Gasteiger charge is -2.15. The first-order valence-corrected chi connectivity index (χ1v) is 9.81. The predicted octanol–water partition coefficient (Wildman–Crippen LogP) is 4.93. The minimum absolute atomic E-state index is 0.0787. The van der Waals surface area contributed by atoms with Crippen molar-refractivity contribution < 1.29 is 26.3 Å². The van der Waals surface area contributed by atoms with Crippen molar-refractivity contribution in [1.29, 1.82) is 5.26 Å². The number of pyridine rings is 1. The fraction of sp³-hybridized carbons (Fsp3) is 0.269. The second-order valence-electron chi connectivity index (χ2n) is 7.39. The summed E-state index contributed by atoms with van der Waals surface area (Å²) in [5, 5.41) is 12.5. The summed E-state index contributed by atoms with van der Waals surface area (Å²) in [4.78, 5) is 18.6. The van der Waals surface area contributed by atoms with Crippen LogP contribution in [0.5, 0.6) is 5.75 Å². The number of nitrogens with zero attached hydrogens (tertiary/aromatic N) is 3. The van der Waals surface area contributed by atoms with Crippen LogP contribution in [0.4, 0.5) is 15.8 Å². The van der Waals surface area contributed by atoms with Gasteiger partial charge in [-0.1, -0.05) is 6.05 Å². The second kappa shape index (κ2) is 10.7. The lowest BCUT2D eigenvalue weighted by Crippen LogP contribution is -2.11. The van der Waals surface area contributed by atoms with E-state index in [-0.39, 0.29) is 46.0 Å². The number of benzene rings is 2. The van der Waals surface area contributed by atoms with Crippen molar-refractivity contribution in [2.75, 3.05) is 32.5 Å². The van der Waals surface area contributed by atoms with Crippen molar-refractivity contribution in [3.8, 4) is 11.8 Å². The Morgan fingerprint density at radius 1 is 1.48 bits per heavy atom. The number of fused-ring (bicyclic) bond motifs is 1. The Hall–Kier alpha value is -3.76. The molecule has 0 amide bonds. The van der Waals surface area contributed by atoms with Crippen molar-refractivity contribution in [3.63, 3.8) is 0 Å². The SMILES string of the molecule is [2H]/C(=C\C(=O)Cc1c(OC([2H])([2H])C([2H])([2H])[2H])c([2H])c2nc([2H])c(C#N)c(Nc3ccc(F)c(C)c3)c2c1[2H])CN(C)C. The van der Waals surface area contributed by atoms with Gasteiger partial charge in [0.2, 0.25) is 0 Å². The van der Waals surface area contributed by atoms with Crippen molar-refractivity contribution in [1.82, 2.24) is 9.88 Å². The fourth-order valence-electron chi connectivity index (χ4n) is 2.97. The van der Waals surface area contributed by atoms with Crippen molar-refractivity contribution >= 4 is 28.1 Å². The third kappa shape index (κ3) is 5.93. The van der Waals surface area contributed by atoms with Crippen LogP contribution in [0, 0.1) is 24.1 Å². The van der Waals surface area contributed by atoms with E-state index >= 15 is 0 Å². The molecule has 1 aromatic heterocycles. The number of aryl methyl sites for hydroxylation is 1. The summed E-state index contributed by atoms with van der Waals surface area (Å²) >= 11 is 0. The molecule has 170 valence electrons. The van der Waals surface area contributed by atoms with Gasteiger partial charge in [-0.15, -0.1) is 0 Å². The largest absolute Gasteiger partial charge is 0.494 e. The number of allylic oxidation sites excluding steroid dienone is 1. The molecule has 0 aliphatic rings. The molecule has 6 nitrogen and oxygen atoms in total. The van der Waals surface area contributed by atoms with Gasteiger partial charge in [-0.05, 0) is 63.8 Å². The van der Waals surface area contributed by atoms with Gasteiger partial charge in [0, 0.05) is 45.9 Å². The van der Waals surface area contributed by atoms with E-state index in [0.29, 0.717) is 0 Å². The van der Waals surface area contributed by atoms with Gasteiger partial charge in [-0.25, -0.2) is 4.39 Å². The summed E-state index contributed by atoms with van der Waals surface area (Å²) < 4.78 is 91.6. The molecule has 1 N–H and O–H groups in total. The van der Waals surface area contributed by atoms with Gasteiger partial charge in [0.25, 0.3) is 0 Å². The smallest absolute Gasteiger partial charge is 0.159 e. The van der Waals surface area contributed by atoms with Crippen molar-refractivity contribution in [2.45, 2.75) is 20.2 Å². The summed E-state index contributed by atoms with van der Waals surface area (Å²) in [7, 11) is 3.37. The molecule has 0 atom stereocenters. The molecule has 0 bridgehead atoms. The highest BCUT2D eigenvalue weighted by Crippen LogP contribution is 2.34. The van der Waals surface area contributed by atoms with E-state index in [9.17, 15) is 14.4 Å². The van der Waals surface area contributed by atoms with Crippen LogP contribution in [0.1, 0.15) is 35.9 Å². The molecule has 0 unspecified atom stereocenters. The molecule has 0 aliphatic heterocycles. The lowest BCUT2D eigenvalue weighted by molar-refractivity contribution is -0.114. The van der Waals surface area contributed by atoms with E-state index in [0.717, 1.165) is 12.1 Å². The van der Waals surface area contributed by atoms with Gasteiger partial charge in [0.1, 0.15) is 17.6 Å². The number of nitriles is 1. The monoisotopic (exact) mass is 455 g/mol. The van der Waals surface area contributed by atoms with Gasteiger partial charge in [-0.3, -0.25) is 9.78 Å². The number of likely N-dealkylation sites (N-methyl/N-ethyl adjacent to an activating group) is 1. The Labute approximate surface area is 206 Å². The van der Waals surface area contributed by atoms with Crippen LogP contribution in [0.2, 0.25) is 0 Å². The zero-order valence-electron chi connectivity index (χ0n) is 27.3. The number of rotatable bonds is 9. The molecule has 0 spiro atoms. The summed E-state index contributed by atoms with van der Waals surface area (Å²) in [6.45, 7) is -5.08. The summed E-state index contributed by atoms with van der Waals surface area (Å²) in [5.41, 5.74) is -0.755. The van der Waals surface area contributed by atoms with E-state index in [4.69, 9.17) is 17.1 Å². The molecule has 33 heavy (non-hydrogen) atoms. The molecule has 2 aromatic carbocycles. The fourth-order valence-corrected chi connectivity index (χ4v) is 2.97. The first kappa shape index (κ1) is 14.4.